The third-order valence-corrected chi connectivity index (χ3v) is 3.94. The van der Waals surface area contributed by atoms with Gasteiger partial charge in [-0.15, -0.1) is 0 Å². The molecule has 1 saturated heterocycles. The van der Waals surface area contributed by atoms with Gasteiger partial charge in [-0.25, -0.2) is 4.79 Å². The Morgan fingerprint density at radius 2 is 2.05 bits per heavy atom. The van der Waals surface area contributed by atoms with Crippen LogP contribution in [0.3, 0.4) is 0 Å². The molecule has 3 unspecified atom stereocenters. The van der Waals surface area contributed by atoms with E-state index in [0.717, 1.165) is 5.56 Å². The second-order valence-electron chi connectivity index (χ2n) is 5.13. The summed E-state index contributed by atoms with van der Waals surface area (Å²) >= 11 is 0. The molecule has 1 aromatic carbocycles. The van der Waals surface area contributed by atoms with E-state index in [9.17, 15) is 9.90 Å². The number of hydrogen-bond acceptors (Lipinski definition) is 3. The zero-order chi connectivity index (χ0) is 14.0. The zero-order valence-electron chi connectivity index (χ0n) is 11.7. The van der Waals surface area contributed by atoms with Gasteiger partial charge in [0.2, 0.25) is 0 Å². The van der Waals surface area contributed by atoms with Crippen LogP contribution in [-0.4, -0.2) is 34.8 Å². The highest BCUT2D eigenvalue weighted by molar-refractivity contribution is 5.69. The van der Waals surface area contributed by atoms with Gasteiger partial charge in [-0.05, 0) is 26.3 Å². The van der Waals surface area contributed by atoms with Gasteiger partial charge in [0.25, 0.3) is 0 Å². The Kier molecular flexibility index (Phi) is 3.80. The summed E-state index contributed by atoms with van der Waals surface area (Å²) in [5.74, 6) is 0. The number of rotatable bonds is 2. The van der Waals surface area contributed by atoms with Crippen molar-refractivity contribution in [1.82, 2.24) is 4.90 Å². The zero-order valence-corrected chi connectivity index (χ0v) is 11.7. The van der Waals surface area contributed by atoms with Crippen molar-refractivity contribution in [3.63, 3.8) is 0 Å². The topological polar surface area (TPSA) is 49.8 Å². The van der Waals surface area contributed by atoms with E-state index in [1.165, 1.54) is 0 Å². The Morgan fingerprint density at radius 1 is 1.42 bits per heavy atom. The van der Waals surface area contributed by atoms with Crippen LogP contribution in [0, 0.1) is 0 Å². The van der Waals surface area contributed by atoms with E-state index in [4.69, 9.17) is 4.74 Å². The number of amides is 1. The second-order valence-corrected chi connectivity index (χ2v) is 5.13. The molecule has 2 rings (SSSR count). The number of carbonyl (C=O) groups excluding carboxylic acids is 1. The van der Waals surface area contributed by atoms with Crippen molar-refractivity contribution < 1.29 is 14.6 Å². The lowest BCUT2D eigenvalue weighted by molar-refractivity contribution is 0.00450. The molecule has 1 N–H and O–H groups in total. The summed E-state index contributed by atoms with van der Waals surface area (Å²) in [7, 11) is 0. The lowest BCUT2D eigenvalue weighted by Gasteiger charge is -2.31. The number of ether oxygens (including phenoxy) is 1. The van der Waals surface area contributed by atoms with E-state index in [1.807, 2.05) is 44.2 Å². The highest BCUT2D eigenvalue weighted by atomic mass is 16.6. The molecule has 19 heavy (non-hydrogen) atoms. The summed E-state index contributed by atoms with van der Waals surface area (Å²) in [6.45, 7) is 5.94. The van der Waals surface area contributed by atoms with Crippen molar-refractivity contribution in [2.24, 2.45) is 0 Å². The molecule has 104 valence electrons. The summed E-state index contributed by atoms with van der Waals surface area (Å²) in [6.07, 6.45) is 0.172. The number of carbonyl (C=O) groups is 1. The molecule has 0 bridgehead atoms. The fourth-order valence-electron chi connectivity index (χ4n) is 2.95. The van der Waals surface area contributed by atoms with Crippen molar-refractivity contribution in [2.75, 3.05) is 6.61 Å². The normalized spacial score (nSPS) is 30.4. The maximum absolute atomic E-state index is 12.0. The molecule has 4 heteroatoms. The van der Waals surface area contributed by atoms with E-state index in [-0.39, 0.29) is 18.2 Å². The Morgan fingerprint density at radius 3 is 2.63 bits per heavy atom. The highest BCUT2D eigenvalue weighted by Gasteiger charge is 2.50. The van der Waals surface area contributed by atoms with Gasteiger partial charge in [0.05, 0.1) is 12.6 Å². The molecule has 1 aliphatic rings. The predicted molar refractivity (Wildman–Crippen MR) is 72.7 cm³/mol. The van der Waals surface area contributed by atoms with Crippen LogP contribution in [0.2, 0.25) is 0 Å². The van der Waals surface area contributed by atoms with Crippen LogP contribution >= 0.6 is 0 Å². The van der Waals surface area contributed by atoms with Gasteiger partial charge in [-0.2, -0.15) is 0 Å². The third kappa shape index (κ3) is 2.32. The Bertz CT molecular complexity index is 448. The number of hydrogen-bond donors (Lipinski definition) is 1. The van der Waals surface area contributed by atoms with Crippen LogP contribution in [0.25, 0.3) is 0 Å². The molecule has 3 atom stereocenters. The third-order valence-electron chi connectivity index (χ3n) is 3.94. The first-order valence-corrected chi connectivity index (χ1v) is 6.73. The van der Waals surface area contributed by atoms with Crippen LogP contribution in [0.15, 0.2) is 30.3 Å². The molecule has 1 fully saturated rings. The molecule has 0 spiro atoms. The largest absolute Gasteiger partial charge is 0.450 e. The van der Waals surface area contributed by atoms with E-state index < -0.39 is 5.60 Å². The first kappa shape index (κ1) is 13.9. The summed E-state index contributed by atoms with van der Waals surface area (Å²) in [6, 6.07) is 9.17. The minimum Gasteiger partial charge on any atom is -0.450 e. The summed E-state index contributed by atoms with van der Waals surface area (Å²) in [5, 5.41) is 10.9. The standard InChI is InChI=1S/C15H21NO3/c1-4-19-14(17)16-11(2)10-15(18,12(16)3)13-8-6-5-7-9-13/h5-9,11-12,18H,4,10H2,1-3H3. The SMILES string of the molecule is CCOC(=O)N1C(C)CC(O)(c2ccccc2)C1C. The minimum atomic E-state index is -1.01. The first-order chi connectivity index (χ1) is 9.00. The van der Waals surface area contributed by atoms with Crippen molar-refractivity contribution in [3.8, 4) is 0 Å². The minimum absolute atomic E-state index is 0.0424. The molecule has 1 amide bonds. The smallest absolute Gasteiger partial charge is 0.410 e. The average molecular weight is 263 g/mol. The van der Waals surface area contributed by atoms with E-state index in [1.54, 1.807) is 11.8 Å². The number of likely N-dealkylation sites (tertiary alicyclic amines) is 1. The molecule has 0 aromatic heterocycles. The van der Waals surface area contributed by atoms with Crippen molar-refractivity contribution >= 4 is 6.09 Å². The summed E-state index contributed by atoms with van der Waals surface area (Å²) < 4.78 is 5.07. The molecule has 0 saturated carbocycles. The van der Waals surface area contributed by atoms with Gasteiger partial charge in [0.15, 0.2) is 0 Å². The highest BCUT2D eigenvalue weighted by Crippen LogP contribution is 2.41. The van der Waals surface area contributed by atoms with Gasteiger partial charge in [0.1, 0.15) is 5.60 Å². The Labute approximate surface area is 114 Å². The first-order valence-electron chi connectivity index (χ1n) is 6.73. The van der Waals surface area contributed by atoms with Gasteiger partial charge in [-0.1, -0.05) is 30.3 Å². The molecular formula is C15H21NO3. The molecule has 4 nitrogen and oxygen atoms in total. The Balaban J connectivity index is 2.29. The monoisotopic (exact) mass is 263 g/mol. The molecule has 1 heterocycles. The van der Waals surface area contributed by atoms with Crippen LogP contribution < -0.4 is 0 Å². The predicted octanol–water partition coefficient (Wildman–Crippen LogP) is 2.51. The van der Waals surface area contributed by atoms with E-state index in [2.05, 4.69) is 0 Å². The lowest BCUT2D eigenvalue weighted by Crippen LogP contribution is -2.44. The van der Waals surface area contributed by atoms with Crippen molar-refractivity contribution in [2.45, 2.75) is 44.9 Å². The van der Waals surface area contributed by atoms with Crippen molar-refractivity contribution in [3.05, 3.63) is 35.9 Å². The van der Waals surface area contributed by atoms with Gasteiger partial charge in [-0.3, -0.25) is 4.90 Å². The van der Waals surface area contributed by atoms with Crippen LogP contribution in [0.4, 0.5) is 4.79 Å². The molecule has 1 aliphatic heterocycles. The van der Waals surface area contributed by atoms with Gasteiger partial charge < -0.3 is 9.84 Å². The van der Waals surface area contributed by atoms with Gasteiger partial charge in [0, 0.05) is 12.5 Å². The maximum atomic E-state index is 12.0. The number of benzene rings is 1. The second kappa shape index (κ2) is 5.21. The summed E-state index contributed by atoms with van der Waals surface area (Å²) in [5.41, 5.74) is -0.158. The fraction of sp³-hybridized carbons (Fsp3) is 0.533. The fourth-order valence-corrected chi connectivity index (χ4v) is 2.95. The maximum Gasteiger partial charge on any atom is 0.410 e. The molecule has 0 aliphatic carbocycles. The quantitative estimate of drug-likeness (QED) is 0.892. The average Bonchev–Trinajstić information content (AvgIpc) is 2.62. The van der Waals surface area contributed by atoms with Crippen LogP contribution in [-0.2, 0) is 10.3 Å². The number of aliphatic hydroxyl groups is 1. The molecular weight excluding hydrogens is 242 g/mol. The number of nitrogens with zero attached hydrogens (tertiary/aromatic N) is 1. The van der Waals surface area contributed by atoms with E-state index in [0.29, 0.717) is 13.0 Å². The molecule has 1 aromatic rings. The van der Waals surface area contributed by atoms with Gasteiger partial charge >= 0.3 is 6.09 Å². The van der Waals surface area contributed by atoms with Crippen molar-refractivity contribution in [1.29, 1.82) is 0 Å². The lowest BCUT2D eigenvalue weighted by atomic mass is 9.86. The van der Waals surface area contributed by atoms with Crippen LogP contribution in [0.1, 0.15) is 32.8 Å². The summed E-state index contributed by atoms with van der Waals surface area (Å²) in [4.78, 5) is 13.6. The van der Waals surface area contributed by atoms with Crippen LogP contribution in [0.5, 0.6) is 0 Å². The van der Waals surface area contributed by atoms with E-state index >= 15 is 0 Å². The Hall–Kier alpha value is -1.55. The molecule has 0 radical (unpaired) electrons.